The zero-order chi connectivity index (χ0) is 24.4. The van der Waals surface area contributed by atoms with E-state index in [-0.39, 0.29) is 30.1 Å². The molecule has 0 saturated carbocycles. The first kappa shape index (κ1) is 23.7. The van der Waals surface area contributed by atoms with E-state index < -0.39 is 5.92 Å². The summed E-state index contributed by atoms with van der Waals surface area (Å²) in [5.41, 5.74) is 4.20. The fourth-order valence-electron chi connectivity index (χ4n) is 4.92. The summed E-state index contributed by atoms with van der Waals surface area (Å²) >= 11 is 0. The van der Waals surface area contributed by atoms with Gasteiger partial charge in [-0.1, -0.05) is 36.8 Å². The van der Waals surface area contributed by atoms with Gasteiger partial charge in [0.25, 0.3) is 5.91 Å². The highest BCUT2D eigenvalue weighted by atomic mass is 19.1. The summed E-state index contributed by atoms with van der Waals surface area (Å²) in [5.74, 6) is -0.682. The summed E-state index contributed by atoms with van der Waals surface area (Å²) in [7, 11) is 0. The fourth-order valence-corrected chi connectivity index (χ4v) is 4.92. The van der Waals surface area contributed by atoms with Crippen molar-refractivity contribution in [3.05, 3.63) is 82.3 Å². The number of fused-ring (bicyclic) bond motifs is 1. The predicted molar refractivity (Wildman–Crippen MR) is 131 cm³/mol. The third-order valence-electron chi connectivity index (χ3n) is 6.44. The monoisotopic (exact) mass is 462 g/mol. The number of hydrogen-bond donors (Lipinski definition) is 1. The first-order valence-corrected chi connectivity index (χ1v) is 11.8. The lowest BCUT2D eigenvalue weighted by Gasteiger charge is -2.38. The van der Waals surface area contributed by atoms with Gasteiger partial charge in [-0.15, -0.1) is 0 Å². The average molecular weight is 463 g/mol. The van der Waals surface area contributed by atoms with E-state index in [4.69, 9.17) is 5.10 Å². The second kappa shape index (κ2) is 9.79. The quantitative estimate of drug-likeness (QED) is 0.558. The highest BCUT2D eigenvalue weighted by Gasteiger charge is 2.44. The summed E-state index contributed by atoms with van der Waals surface area (Å²) in [6, 6.07) is 13.6. The van der Waals surface area contributed by atoms with Gasteiger partial charge in [0.2, 0.25) is 5.91 Å². The molecule has 0 radical (unpaired) electrons. The molecule has 0 fully saturated rings. The van der Waals surface area contributed by atoms with Gasteiger partial charge in [-0.2, -0.15) is 5.10 Å². The van der Waals surface area contributed by atoms with Crippen molar-refractivity contribution < 1.29 is 14.0 Å². The van der Waals surface area contributed by atoms with Crippen LogP contribution in [0.2, 0.25) is 0 Å². The topological polar surface area (TPSA) is 67.2 Å². The van der Waals surface area contributed by atoms with Crippen molar-refractivity contribution in [2.24, 2.45) is 5.92 Å². The van der Waals surface area contributed by atoms with E-state index in [9.17, 15) is 14.0 Å². The van der Waals surface area contributed by atoms with Gasteiger partial charge in [0.15, 0.2) is 0 Å². The van der Waals surface area contributed by atoms with Crippen LogP contribution in [-0.4, -0.2) is 34.7 Å². The highest BCUT2D eigenvalue weighted by Crippen LogP contribution is 2.45. The van der Waals surface area contributed by atoms with Crippen LogP contribution in [0.3, 0.4) is 0 Å². The molecule has 178 valence electrons. The Bertz CT molecular complexity index is 1200. The fraction of sp³-hybridized carbons (Fsp3) is 0.370. The lowest BCUT2D eigenvalue weighted by atomic mass is 9.77. The van der Waals surface area contributed by atoms with Gasteiger partial charge in [0, 0.05) is 36.7 Å². The van der Waals surface area contributed by atoms with Crippen LogP contribution >= 0.6 is 0 Å². The number of hydrogen-bond acceptors (Lipinski definition) is 3. The maximum absolute atomic E-state index is 13.8. The summed E-state index contributed by atoms with van der Waals surface area (Å²) in [4.78, 5) is 28.5. The smallest absolute Gasteiger partial charge is 0.251 e. The van der Waals surface area contributed by atoms with E-state index in [1.54, 1.807) is 23.1 Å². The molecule has 2 aromatic carbocycles. The number of amides is 2. The van der Waals surface area contributed by atoms with Crippen LogP contribution in [0, 0.1) is 25.6 Å². The number of carbonyl (C=O) groups excluding carboxylic acids is 2. The third-order valence-corrected chi connectivity index (χ3v) is 6.44. The number of carbonyl (C=O) groups is 2. The lowest BCUT2D eigenvalue weighted by molar-refractivity contribution is -0.123. The largest absolute Gasteiger partial charge is 0.351 e. The molecule has 0 bridgehead atoms. The Morgan fingerprint density at radius 3 is 2.50 bits per heavy atom. The Kier molecular flexibility index (Phi) is 6.82. The van der Waals surface area contributed by atoms with Crippen LogP contribution < -0.4 is 10.2 Å². The molecule has 1 aromatic heterocycles. The number of rotatable bonds is 7. The van der Waals surface area contributed by atoms with Crippen LogP contribution in [0.1, 0.15) is 58.9 Å². The number of aryl methyl sites for hydroxylation is 3. The van der Waals surface area contributed by atoms with E-state index in [1.807, 2.05) is 43.7 Å². The summed E-state index contributed by atoms with van der Waals surface area (Å²) in [6.45, 7) is 9.27. The van der Waals surface area contributed by atoms with Crippen molar-refractivity contribution in [1.82, 2.24) is 15.1 Å². The minimum atomic E-state index is -0.537. The van der Waals surface area contributed by atoms with Crippen molar-refractivity contribution in [3.8, 4) is 0 Å². The van der Waals surface area contributed by atoms with Crippen LogP contribution in [0.15, 0.2) is 48.5 Å². The zero-order valence-corrected chi connectivity index (χ0v) is 20.1. The number of benzene rings is 2. The maximum Gasteiger partial charge on any atom is 0.251 e. The van der Waals surface area contributed by atoms with E-state index in [0.29, 0.717) is 18.7 Å². The summed E-state index contributed by atoms with van der Waals surface area (Å²) in [5, 5.41) is 7.73. The van der Waals surface area contributed by atoms with Gasteiger partial charge in [-0.05, 0) is 57.0 Å². The molecule has 3 aromatic rings. The Hall–Kier alpha value is -3.48. The first-order chi connectivity index (χ1) is 16.3. The second-order valence-corrected chi connectivity index (χ2v) is 8.84. The predicted octanol–water partition coefficient (Wildman–Crippen LogP) is 4.59. The number of halogens is 1. The normalized spacial score (nSPS) is 17.6. The van der Waals surface area contributed by atoms with Crippen LogP contribution in [0.4, 0.5) is 10.2 Å². The van der Waals surface area contributed by atoms with Gasteiger partial charge in [-0.25, -0.2) is 9.07 Å². The number of nitrogens with one attached hydrogen (secondary N) is 1. The number of anilines is 1. The molecule has 4 rings (SSSR count). The Labute approximate surface area is 199 Å². The average Bonchev–Trinajstić information content (AvgIpc) is 3.13. The van der Waals surface area contributed by atoms with Gasteiger partial charge < -0.3 is 5.32 Å². The molecule has 0 spiro atoms. The zero-order valence-electron chi connectivity index (χ0n) is 20.1. The molecule has 2 heterocycles. The summed E-state index contributed by atoms with van der Waals surface area (Å²) in [6.07, 6.45) is 0.885. The standard InChI is InChI=1S/C27H31FN4O2/c1-5-14-32-26-23(18(4)30-32)24(19-10-12-21(28)13-11-19)22(27(34)31(26)6-2)16-29-25(33)20-9-7-8-17(3)15-20/h7-13,15,22,24H,5-6,14,16H2,1-4H3,(H,29,33)/t22-,24+/m0/s1. The molecule has 0 unspecified atom stereocenters. The minimum Gasteiger partial charge on any atom is -0.351 e. The van der Waals surface area contributed by atoms with E-state index >= 15 is 0 Å². The van der Waals surface area contributed by atoms with Crippen molar-refractivity contribution in [1.29, 1.82) is 0 Å². The van der Waals surface area contributed by atoms with Crippen LogP contribution in [-0.2, 0) is 11.3 Å². The Balaban J connectivity index is 1.76. The van der Waals surface area contributed by atoms with Crippen molar-refractivity contribution in [2.45, 2.75) is 46.6 Å². The number of nitrogens with zero attached hydrogens (tertiary/aromatic N) is 3. The molecule has 1 N–H and O–H groups in total. The van der Waals surface area contributed by atoms with Crippen LogP contribution in [0.25, 0.3) is 0 Å². The van der Waals surface area contributed by atoms with Crippen molar-refractivity contribution in [3.63, 3.8) is 0 Å². The maximum atomic E-state index is 13.8. The second-order valence-electron chi connectivity index (χ2n) is 8.84. The van der Waals surface area contributed by atoms with E-state index in [0.717, 1.165) is 34.6 Å². The molecule has 2 atom stereocenters. The molecule has 0 aliphatic carbocycles. The Morgan fingerprint density at radius 1 is 1.12 bits per heavy atom. The van der Waals surface area contributed by atoms with Crippen molar-refractivity contribution in [2.75, 3.05) is 18.0 Å². The van der Waals surface area contributed by atoms with Crippen LogP contribution in [0.5, 0.6) is 0 Å². The lowest BCUT2D eigenvalue weighted by Crippen LogP contribution is -2.48. The Morgan fingerprint density at radius 2 is 1.85 bits per heavy atom. The molecule has 7 heteroatoms. The first-order valence-electron chi connectivity index (χ1n) is 11.8. The molecule has 0 saturated heterocycles. The molecular formula is C27H31FN4O2. The molecule has 2 amide bonds. The van der Waals surface area contributed by atoms with Gasteiger partial charge in [-0.3, -0.25) is 14.5 Å². The molecular weight excluding hydrogens is 431 g/mol. The van der Waals surface area contributed by atoms with Gasteiger partial charge >= 0.3 is 0 Å². The molecule has 1 aliphatic rings. The van der Waals surface area contributed by atoms with E-state index in [2.05, 4.69) is 12.2 Å². The third kappa shape index (κ3) is 4.34. The number of aromatic nitrogens is 2. The van der Waals surface area contributed by atoms with Crippen molar-refractivity contribution >= 4 is 17.6 Å². The van der Waals surface area contributed by atoms with E-state index in [1.165, 1.54) is 12.1 Å². The molecule has 34 heavy (non-hydrogen) atoms. The summed E-state index contributed by atoms with van der Waals surface area (Å²) < 4.78 is 15.7. The minimum absolute atomic E-state index is 0.0638. The van der Waals surface area contributed by atoms with Gasteiger partial charge in [0.05, 0.1) is 11.6 Å². The molecule has 6 nitrogen and oxygen atoms in total. The SMILES string of the molecule is CCCn1nc(C)c2c1N(CC)C(=O)[C@@H](CNC(=O)c1cccc(C)c1)[C@H]2c1ccc(F)cc1. The van der Waals surface area contributed by atoms with Gasteiger partial charge in [0.1, 0.15) is 11.6 Å². The highest BCUT2D eigenvalue weighted by molar-refractivity contribution is 6.00. The molecule has 1 aliphatic heterocycles.